The second-order valence-electron chi connectivity index (χ2n) is 11.5. The molecule has 3 unspecified atom stereocenters. The molecule has 3 atom stereocenters. The Bertz CT molecular complexity index is 1070. The standard InChI is InChI=1S/C33H48O8S/c1-23(2)7-17-31(36)40-21-27(34)19-38-29-13-9-25(10-14-29)33(4,5)26-11-15-30(16-12-26)39-20-28(35)22-41-32(37)18-8-24(3)42-6/h9-16,23-24,27-28,34-35H,7-8,17-22H2,1-6H3. The number of aliphatic hydroxyl groups excluding tert-OH is 2. The number of thioether (sulfide) groups is 1. The van der Waals surface area contributed by atoms with Crippen molar-refractivity contribution in [1.29, 1.82) is 0 Å². The summed E-state index contributed by atoms with van der Waals surface area (Å²) in [7, 11) is 0. The zero-order valence-electron chi connectivity index (χ0n) is 25.8. The van der Waals surface area contributed by atoms with E-state index >= 15 is 0 Å². The van der Waals surface area contributed by atoms with Crippen LogP contribution in [0.3, 0.4) is 0 Å². The van der Waals surface area contributed by atoms with Crippen LogP contribution in [-0.4, -0.2) is 72.3 Å². The molecule has 2 aromatic carbocycles. The van der Waals surface area contributed by atoms with E-state index in [1.807, 2.05) is 68.6 Å². The average Bonchev–Trinajstić information content (AvgIpc) is 2.98. The molecule has 9 heteroatoms. The van der Waals surface area contributed by atoms with Crippen LogP contribution in [0.2, 0.25) is 0 Å². The minimum absolute atomic E-state index is 0.0218. The maximum Gasteiger partial charge on any atom is 0.305 e. The van der Waals surface area contributed by atoms with Gasteiger partial charge in [0.25, 0.3) is 0 Å². The maximum absolute atomic E-state index is 11.8. The van der Waals surface area contributed by atoms with Crippen LogP contribution in [0, 0.1) is 5.92 Å². The highest BCUT2D eigenvalue weighted by molar-refractivity contribution is 7.99. The predicted molar refractivity (Wildman–Crippen MR) is 166 cm³/mol. The van der Waals surface area contributed by atoms with Gasteiger partial charge in [-0.3, -0.25) is 9.59 Å². The lowest BCUT2D eigenvalue weighted by Crippen LogP contribution is -2.25. The topological polar surface area (TPSA) is 112 Å². The number of carbonyl (C=O) groups excluding carboxylic acids is 2. The molecule has 2 N–H and O–H groups in total. The molecular weight excluding hydrogens is 556 g/mol. The third-order valence-electron chi connectivity index (χ3n) is 6.99. The lowest BCUT2D eigenvalue weighted by Gasteiger charge is -2.26. The summed E-state index contributed by atoms with van der Waals surface area (Å²) in [5.74, 6) is 1.03. The summed E-state index contributed by atoms with van der Waals surface area (Å²) in [6, 6.07) is 15.4. The summed E-state index contributed by atoms with van der Waals surface area (Å²) < 4.78 is 21.6. The molecule has 0 aromatic heterocycles. The molecule has 0 fully saturated rings. The van der Waals surface area contributed by atoms with Crippen LogP contribution in [0.1, 0.15) is 71.4 Å². The normalized spacial score (nSPS) is 13.7. The molecule has 8 nitrogen and oxygen atoms in total. The molecule has 0 bridgehead atoms. The SMILES string of the molecule is CSC(C)CCC(=O)OCC(O)COc1ccc(C(C)(C)c2ccc(OCC(O)COC(=O)CCC(C)C)cc2)cc1. The van der Waals surface area contributed by atoms with Gasteiger partial charge in [0.2, 0.25) is 0 Å². The fourth-order valence-electron chi connectivity index (χ4n) is 3.95. The molecule has 42 heavy (non-hydrogen) atoms. The summed E-state index contributed by atoms with van der Waals surface area (Å²) in [5, 5.41) is 20.6. The Morgan fingerprint density at radius 3 is 1.50 bits per heavy atom. The van der Waals surface area contributed by atoms with E-state index < -0.39 is 12.2 Å². The van der Waals surface area contributed by atoms with E-state index in [1.54, 1.807) is 11.8 Å². The highest BCUT2D eigenvalue weighted by Crippen LogP contribution is 2.33. The van der Waals surface area contributed by atoms with E-state index in [9.17, 15) is 19.8 Å². The van der Waals surface area contributed by atoms with E-state index in [-0.39, 0.29) is 43.8 Å². The Labute approximate surface area is 255 Å². The molecule has 0 aliphatic carbocycles. The quantitative estimate of drug-likeness (QED) is 0.200. The summed E-state index contributed by atoms with van der Waals surface area (Å²) in [6.07, 6.45) is 2.38. The Balaban J connectivity index is 1.79. The highest BCUT2D eigenvalue weighted by atomic mass is 32.2. The molecule has 234 valence electrons. The van der Waals surface area contributed by atoms with Gasteiger partial charge >= 0.3 is 11.9 Å². The predicted octanol–water partition coefficient (Wildman–Crippen LogP) is 5.55. The molecule has 0 amide bonds. The monoisotopic (exact) mass is 604 g/mol. The van der Waals surface area contributed by atoms with Crippen molar-refractivity contribution in [3.8, 4) is 11.5 Å². The van der Waals surface area contributed by atoms with Crippen molar-refractivity contribution in [3.05, 3.63) is 59.7 Å². The van der Waals surface area contributed by atoms with Crippen LogP contribution in [0.25, 0.3) is 0 Å². The van der Waals surface area contributed by atoms with Crippen molar-refractivity contribution in [3.63, 3.8) is 0 Å². The van der Waals surface area contributed by atoms with Gasteiger partial charge in [-0.1, -0.05) is 58.9 Å². The molecule has 2 rings (SSSR count). The fraction of sp³-hybridized carbons (Fsp3) is 0.576. The zero-order valence-corrected chi connectivity index (χ0v) is 26.7. The molecule has 0 heterocycles. The largest absolute Gasteiger partial charge is 0.491 e. The summed E-state index contributed by atoms with van der Waals surface area (Å²) in [5.41, 5.74) is 1.85. The van der Waals surface area contributed by atoms with Crippen LogP contribution >= 0.6 is 11.8 Å². The van der Waals surface area contributed by atoms with Gasteiger partial charge in [0.15, 0.2) is 0 Å². The smallest absolute Gasteiger partial charge is 0.305 e. The lowest BCUT2D eigenvalue weighted by molar-refractivity contribution is -0.148. The molecule has 0 aliphatic rings. The summed E-state index contributed by atoms with van der Waals surface area (Å²) >= 11 is 1.70. The molecule has 0 saturated heterocycles. The van der Waals surface area contributed by atoms with Gasteiger partial charge in [-0.15, -0.1) is 0 Å². The van der Waals surface area contributed by atoms with Crippen molar-refractivity contribution < 1.29 is 38.7 Å². The third kappa shape index (κ3) is 13.0. The number of carbonyl (C=O) groups is 2. The Morgan fingerprint density at radius 1 is 0.714 bits per heavy atom. The van der Waals surface area contributed by atoms with Gasteiger partial charge in [-0.2, -0.15) is 11.8 Å². The van der Waals surface area contributed by atoms with Gasteiger partial charge < -0.3 is 29.2 Å². The van der Waals surface area contributed by atoms with Crippen LogP contribution in [-0.2, 0) is 24.5 Å². The molecular formula is C33H48O8S. The minimum Gasteiger partial charge on any atom is -0.491 e. The van der Waals surface area contributed by atoms with Gasteiger partial charge in [-0.25, -0.2) is 0 Å². The van der Waals surface area contributed by atoms with E-state index in [2.05, 4.69) is 20.8 Å². The Kier molecular flexibility index (Phi) is 15.2. The van der Waals surface area contributed by atoms with Crippen molar-refractivity contribution in [2.75, 3.05) is 32.7 Å². The fourth-order valence-corrected chi connectivity index (χ4v) is 4.31. The Morgan fingerprint density at radius 2 is 1.12 bits per heavy atom. The number of rotatable bonds is 19. The molecule has 0 radical (unpaired) electrons. The third-order valence-corrected chi connectivity index (χ3v) is 8.03. The van der Waals surface area contributed by atoms with Crippen LogP contribution in [0.5, 0.6) is 11.5 Å². The number of ether oxygens (including phenoxy) is 4. The van der Waals surface area contributed by atoms with Crippen molar-refractivity contribution in [2.45, 2.75) is 83.2 Å². The number of aliphatic hydroxyl groups is 2. The van der Waals surface area contributed by atoms with E-state index in [1.165, 1.54) is 0 Å². The van der Waals surface area contributed by atoms with Crippen LogP contribution < -0.4 is 9.47 Å². The van der Waals surface area contributed by atoms with E-state index in [0.29, 0.717) is 35.5 Å². The lowest BCUT2D eigenvalue weighted by atomic mass is 9.78. The van der Waals surface area contributed by atoms with Crippen molar-refractivity contribution in [1.82, 2.24) is 0 Å². The number of hydrogen-bond donors (Lipinski definition) is 2. The second-order valence-corrected chi connectivity index (χ2v) is 12.8. The van der Waals surface area contributed by atoms with Crippen molar-refractivity contribution in [2.24, 2.45) is 5.92 Å². The van der Waals surface area contributed by atoms with Gasteiger partial charge in [0.1, 0.15) is 50.1 Å². The van der Waals surface area contributed by atoms with Crippen LogP contribution in [0.4, 0.5) is 0 Å². The number of hydrogen-bond acceptors (Lipinski definition) is 9. The first-order chi connectivity index (χ1) is 19.9. The number of esters is 2. The van der Waals surface area contributed by atoms with Gasteiger partial charge in [0, 0.05) is 23.5 Å². The molecule has 0 saturated carbocycles. The van der Waals surface area contributed by atoms with Crippen LogP contribution in [0.15, 0.2) is 48.5 Å². The number of benzene rings is 2. The first-order valence-electron chi connectivity index (χ1n) is 14.6. The summed E-state index contributed by atoms with van der Waals surface area (Å²) in [6.45, 7) is 10.2. The molecule has 0 aliphatic heterocycles. The minimum atomic E-state index is -0.908. The summed E-state index contributed by atoms with van der Waals surface area (Å²) in [4.78, 5) is 23.6. The Hall–Kier alpha value is -2.75. The van der Waals surface area contributed by atoms with Crippen molar-refractivity contribution >= 4 is 23.7 Å². The van der Waals surface area contributed by atoms with E-state index in [4.69, 9.17) is 18.9 Å². The highest BCUT2D eigenvalue weighted by Gasteiger charge is 2.23. The average molecular weight is 605 g/mol. The first-order valence-corrected chi connectivity index (χ1v) is 15.9. The molecule has 2 aromatic rings. The maximum atomic E-state index is 11.8. The van der Waals surface area contributed by atoms with Gasteiger partial charge in [-0.05, 0) is 60.4 Å². The second kappa shape index (κ2) is 18.0. The van der Waals surface area contributed by atoms with E-state index in [0.717, 1.165) is 24.0 Å². The molecule has 0 spiro atoms. The van der Waals surface area contributed by atoms with Gasteiger partial charge in [0.05, 0.1) is 0 Å². The first kappa shape index (κ1) is 35.4. The zero-order chi connectivity index (χ0) is 31.1.